The maximum Gasteiger partial charge on any atom is -0.0112 e. The quantitative estimate of drug-likeness (QED) is 0.478. The van der Waals surface area contributed by atoms with Crippen LogP contribution in [-0.4, -0.2) is 0 Å². The average Bonchev–Trinajstić information content (AvgIpc) is 1.86. The van der Waals surface area contributed by atoms with Crippen molar-refractivity contribution in [1.82, 2.24) is 0 Å². The van der Waals surface area contributed by atoms with Gasteiger partial charge in [0.05, 0.1) is 0 Å². The smallest absolute Gasteiger partial charge is 0.0112 e. The molecule has 0 saturated heterocycles. The van der Waals surface area contributed by atoms with Crippen LogP contribution in [0.4, 0.5) is 0 Å². The largest absolute Gasteiger partial charge is 0.105 e. The first-order valence-electron chi connectivity index (χ1n) is 2.94. The van der Waals surface area contributed by atoms with Gasteiger partial charge >= 0.3 is 0 Å². The van der Waals surface area contributed by atoms with Crippen LogP contribution in [0.2, 0.25) is 0 Å². The van der Waals surface area contributed by atoms with Gasteiger partial charge < -0.3 is 0 Å². The lowest BCUT2D eigenvalue weighted by Crippen LogP contribution is -1.90. The molecule has 2 rings (SSSR count). The summed E-state index contributed by atoms with van der Waals surface area (Å²) in [6, 6.07) is 8.39. The average molecular weight is 134 g/mol. The summed E-state index contributed by atoms with van der Waals surface area (Å²) >= 11 is 0. The molecule has 1 aromatic carbocycles. The maximum absolute atomic E-state index is 2.71. The third kappa shape index (κ3) is 0.635. The van der Waals surface area contributed by atoms with Crippen LogP contribution >= 0.6 is 9.24 Å². The van der Waals surface area contributed by atoms with Crippen LogP contribution in [0.15, 0.2) is 24.3 Å². The van der Waals surface area contributed by atoms with E-state index in [0.29, 0.717) is 0 Å². The van der Waals surface area contributed by atoms with Crippen LogP contribution < -0.4 is 0 Å². The molecule has 44 valence electrons. The van der Waals surface area contributed by atoms with Gasteiger partial charge in [-0.3, -0.25) is 0 Å². The molecule has 1 aliphatic carbocycles. The van der Waals surface area contributed by atoms with Gasteiger partial charge in [-0.1, -0.05) is 24.3 Å². The fourth-order valence-corrected chi connectivity index (χ4v) is 1.50. The van der Waals surface area contributed by atoms with Crippen molar-refractivity contribution in [2.24, 2.45) is 0 Å². The van der Waals surface area contributed by atoms with Gasteiger partial charge in [0.1, 0.15) is 0 Å². The van der Waals surface area contributed by atoms with E-state index in [-0.39, 0.29) is 0 Å². The second-order valence-corrected chi connectivity index (χ2v) is 2.81. The van der Waals surface area contributed by atoms with Crippen molar-refractivity contribution in [3.05, 3.63) is 35.4 Å². The molecule has 1 aromatic rings. The number of fused-ring (bicyclic) bond motifs is 1. The van der Waals surface area contributed by atoms with E-state index in [9.17, 15) is 0 Å². The Balaban J connectivity index is 2.61. The Morgan fingerprint density at radius 1 is 1.11 bits per heavy atom. The van der Waals surface area contributed by atoms with E-state index >= 15 is 0 Å². The molecular formula is C8H7P. The van der Waals surface area contributed by atoms with E-state index in [1.807, 2.05) is 0 Å². The Morgan fingerprint density at radius 2 is 1.89 bits per heavy atom. The molecule has 0 nitrogen and oxygen atoms in total. The minimum absolute atomic E-state index is 1.32. The normalized spacial score (nSPS) is 13.7. The molecule has 1 heteroatoms. The van der Waals surface area contributed by atoms with Gasteiger partial charge in [-0.2, -0.15) is 0 Å². The lowest BCUT2D eigenvalue weighted by atomic mass is 9.98. The standard InChI is InChI=1S/C8H7P/c9-8-5-6-3-1-2-4-7(6)8/h1-5H,9H2. The molecule has 0 aliphatic heterocycles. The zero-order valence-electron chi connectivity index (χ0n) is 4.96. The topological polar surface area (TPSA) is 0 Å². The van der Waals surface area contributed by atoms with Crippen LogP contribution in [0.5, 0.6) is 0 Å². The van der Waals surface area contributed by atoms with Gasteiger partial charge in [0.25, 0.3) is 0 Å². The van der Waals surface area contributed by atoms with E-state index in [1.165, 1.54) is 16.4 Å². The maximum atomic E-state index is 2.71. The van der Waals surface area contributed by atoms with Crippen molar-refractivity contribution in [3.63, 3.8) is 0 Å². The molecule has 9 heavy (non-hydrogen) atoms. The van der Waals surface area contributed by atoms with E-state index in [0.717, 1.165) is 0 Å². The lowest BCUT2D eigenvalue weighted by molar-refractivity contribution is 1.57. The molecule has 0 fully saturated rings. The first-order valence-corrected chi connectivity index (χ1v) is 3.52. The summed E-state index contributed by atoms with van der Waals surface area (Å²) in [5, 5.41) is 1.32. The van der Waals surface area contributed by atoms with E-state index in [4.69, 9.17) is 0 Å². The van der Waals surface area contributed by atoms with E-state index < -0.39 is 0 Å². The summed E-state index contributed by atoms with van der Waals surface area (Å²) in [7, 11) is 2.71. The Bertz CT molecular complexity index is 274. The summed E-state index contributed by atoms with van der Waals surface area (Å²) in [5.41, 5.74) is 2.74. The minimum Gasteiger partial charge on any atom is -0.105 e. The van der Waals surface area contributed by atoms with Gasteiger partial charge in [-0.15, -0.1) is 9.24 Å². The van der Waals surface area contributed by atoms with Gasteiger partial charge in [-0.05, 0) is 22.5 Å². The van der Waals surface area contributed by atoms with Crippen molar-refractivity contribution < 1.29 is 0 Å². The molecule has 1 aliphatic rings. The Kier molecular flexibility index (Phi) is 0.972. The molecule has 1 atom stereocenters. The Hall–Kier alpha value is -0.610. The molecular weight excluding hydrogens is 127 g/mol. The molecule has 0 spiro atoms. The van der Waals surface area contributed by atoms with Gasteiger partial charge in [-0.25, -0.2) is 0 Å². The first-order chi connectivity index (χ1) is 4.38. The second kappa shape index (κ2) is 1.68. The molecule has 0 heterocycles. The van der Waals surface area contributed by atoms with Crippen LogP contribution in [-0.2, 0) is 0 Å². The van der Waals surface area contributed by atoms with Crippen molar-refractivity contribution in [2.45, 2.75) is 0 Å². The minimum atomic E-state index is 1.32. The number of hydrogen-bond donors (Lipinski definition) is 0. The monoisotopic (exact) mass is 134 g/mol. The predicted molar refractivity (Wildman–Crippen MR) is 44.0 cm³/mol. The van der Waals surface area contributed by atoms with Crippen molar-refractivity contribution >= 4 is 20.6 Å². The summed E-state index contributed by atoms with van der Waals surface area (Å²) in [6.45, 7) is 0. The van der Waals surface area contributed by atoms with Crippen molar-refractivity contribution in [2.75, 3.05) is 0 Å². The number of hydrogen-bond acceptors (Lipinski definition) is 0. The number of benzene rings is 1. The molecule has 0 radical (unpaired) electrons. The van der Waals surface area contributed by atoms with E-state index in [2.05, 4.69) is 39.6 Å². The highest BCUT2D eigenvalue weighted by molar-refractivity contribution is 7.32. The highest BCUT2D eigenvalue weighted by Gasteiger charge is 2.08. The molecule has 0 bridgehead atoms. The van der Waals surface area contributed by atoms with Gasteiger partial charge in [0.2, 0.25) is 0 Å². The zero-order chi connectivity index (χ0) is 6.27. The zero-order valence-corrected chi connectivity index (χ0v) is 6.12. The second-order valence-electron chi connectivity index (χ2n) is 2.19. The SMILES string of the molecule is PC1=Cc2ccccc21. The Labute approximate surface area is 56.8 Å². The summed E-state index contributed by atoms with van der Waals surface area (Å²) < 4.78 is 0. The third-order valence-electron chi connectivity index (χ3n) is 1.58. The molecule has 0 aromatic heterocycles. The number of rotatable bonds is 0. The van der Waals surface area contributed by atoms with E-state index in [1.54, 1.807) is 0 Å². The van der Waals surface area contributed by atoms with Gasteiger partial charge in [0, 0.05) is 0 Å². The predicted octanol–water partition coefficient (Wildman–Crippen LogP) is 2.37. The summed E-state index contributed by atoms with van der Waals surface area (Å²) in [6.07, 6.45) is 2.17. The summed E-state index contributed by atoms with van der Waals surface area (Å²) in [4.78, 5) is 0. The lowest BCUT2D eigenvalue weighted by Gasteiger charge is -2.14. The van der Waals surface area contributed by atoms with Crippen LogP contribution in [0, 0.1) is 0 Å². The highest BCUT2D eigenvalue weighted by Crippen LogP contribution is 2.36. The fourth-order valence-electron chi connectivity index (χ4n) is 1.05. The third-order valence-corrected chi connectivity index (χ3v) is 2.06. The fraction of sp³-hybridized carbons (Fsp3) is 0. The van der Waals surface area contributed by atoms with Crippen LogP contribution in [0.25, 0.3) is 11.4 Å². The van der Waals surface area contributed by atoms with Crippen molar-refractivity contribution in [1.29, 1.82) is 0 Å². The molecule has 0 saturated carbocycles. The first kappa shape index (κ1) is 5.20. The molecule has 1 unspecified atom stereocenters. The van der Waals surface area contributed by atoms with Crippen molar-refractivity contribution in [3.8, 4) is 0 Å². The van der Waals surface area contributed by atoms with Crippen LogP contribution in [0.1, 0.15) is 11.1 Å². The summed E-state index contributed by atoms with van der Waals surface area (Å²) in [5.74, 6) is 0. The highest BCUT2D eigenvalue weighted by atomic mass is 31.0. The molecule has 0 amide bonds. The Morgan fingerprint density at radius 3 is 2.44 bits per heavy atom. The molecule has 0 N–H and O–H groups in total. The van der Waals surface area contributed by atoms with Crippen LogP contribution in [0.3, 0.4) is 0 Å². The van der Waals surface area contributed by atoms with Gasteiger partial charge in [0.15, 0.2) is 0 Å².